The topological polar surface area (TPSA) is 73.6 Å². The number of nitrogens with two attached hydrogens (primary N) is 1. The van der Waals surface area contributed by atoms with Crippen LogP contribution in [0, 0.1) is 0 Å². The Bertz CT molecular complexity index is 609. The van der Waals surface area contributed by atoms with Crippen LogP contribution in [-0.2, 0) is 4.79 Å². The predicted octanol–water partition coefficient (Wildman–Crippen LogP) is 3.03. The van der Waals surface area contributed by atoms with Gasteiger partial charge in [-0.05, 0) is 36.4 Å². The summed E-state index contributed by atoms with van der Waals surface area (Å²) in [5.74, 6) is 1.84. The molecule has 5 nitrogen and oxygen atoms in total. The monoisotopic (exact) mass is 272 g/mol. The quantitative estimate of drug-likeness (QED) is 0.839. The van der Waals surface area contributed by atoms with Crippen LogP contribution < -0.4 is 20.5 Å². The number of nitrogens with one attached hydrogen (secondary N) is 1. The lowest BCUT2D eigenvalue weighted by Crippen LogP contribution is -2.08. The lowest BCUT2D eigenvalue weighted by molar-refractivity contribution is -0.114. The minimum absolute atomic E-state index is 0.182. The maximum Gasteiger partial charge on any atom is 0.221 e. The lowest BCUT2D eigenvalue weighted by atomic mass is 10.2. The van der Waals surface area contributed by atoms with E-state index < -0.39 is 0 Å². The molecule has 0 aromatic heterocycles. The Kier molecular flexibility index (Phi) is 4.10. The van der Waals surface area contributed by atoms with Crippen LogP contribution in [0.25, 0.3) is 0 Å². The Balaban J connectivity index is 2.18. The molecule has 0 radical (unpaired) electrons. The molecule has 104 valence electrons. The average molecular weight is 272 g/mol. The van der Waals surface area contributed by atoms with Crippen molar-refractivity contribution in [3.63, 3.8) is 0 Å². The summed E-state index contributed by atoms with van der Waals surface area (Å²) in [4.78, 5) is 11.1. The Morgan fingerprint density at radius 3 is 2.25 bits per heavy atom. The Morgan fingerprint density at radius 1 is 1.05 bits per heavy atom. The van der Waals surface area contributed by atoms with Gasteiger partial charge in [0.15, 0.2) is 0 Å². The Labute approximate surface area is 117 Å². The molecule has 0 saturated heterocycles. The van der Waals surface area contributed by atoms with Crippen molar-refractivity contribution < 1.29 is 14.3 Å². The molecule has 0 aliphatic carbocycles. The molecule has 0 unspecified atom stereocenters. The van der Waals surface area contributed by atoms with Gasteiger partial charge in [0.2, 0.25) is 5.91 Å². The second-order valence-electron chi connectivity index (χ2n) is 4.21. The van der Waals surface area contributed by atoms with E-state index in [0.717, 1.165) is 5.75 Å². The normalized spacial score (nSPS) is 9.90. The molecule has 0 bridgehead atoms. The first-order valence-electron chi connectivity index (χ1n) is 6.07. The van der Waals surface area contributed by atoms with Crippen molar-refractivity contribution in [2.45, 2.75) is 6.92 Å². The molecule has 2 aromatic carbocycles. The van der Waals surface area contributed by atoms with Crippen LogP contribution in [0.15, 0.2) is 42.5 Å². The molecule has 0 aliphatic rings. The van der Waals surface area contributed by atoms with E-state index in [1.807, 2.05) is 0 Å². The van der Waals surface area contributed by atoms with Crippen LogP contribution >= 0.6 is 0 Å². The lowest BCUT2D eigenvalue weighted by Gasteiger charge is -2.10. The van der Waals surface area contributed by atoms with Crippen molar-refractivity contribution >= 4 is 17.3 Å². The molecular formula is C15H16N2O3. The summed E-state index contributed by atoms with van der Waals surface area (Å²) in [6, 6.07) is 12.3. The number of ether oxygens (including phenoxy) is 2. The van der Waals surface area contributed by atoms with Crippen LogP contribution in [0.1, 0.15) is 6.92 Å². The summed E-state index contributed by atoms with van der Waals surface area (Å²) >= 11 is 0. The van der Waals surface area contributed by atoms with E-state index in [1.54, 1.807) is 49.6 Å². The number of anilines is 2. The van der Waals surface area contributed by atoms with Gasteiger partial charge < -0.3 is 20.5 Å². The smallest absolute Gasteiger partial charge is 0.221 e. The van der Waals surface area contributed by atoms with Crippen molar-refractivity contribution in [3.05, 3.63) is 42.5 Å². The van der Waals surface area contributed by atoms with Gasteiger partial charge in [-0.2, -0.15) is 0 Å². The fourth-order valence-electron chi connectivity index (χ4n) is 1.68. The van der Waals surface area contributed by atoms with Crippen molar-refractivity contribution in [2.75, 3.05) is 18.2 Å². The molecule has 0 heterocycles. The number of carbonyl (C=O) groups is 1. The van der Waals surface area contributed by atoms with Gasteiger partial charge >= 0.3 is 0 Å². The van der Waals surface area contributed by atoms with Crippen LogP contribution in [0.4, 0.5) is 11.4 Å². The van der Waals surface area contributed by atoms with E-state index in [1.165, 1.54) is 6.92 Å². The second-order valence-corrected chi connectivity index (χ2v) is 4.21. The van der Waals surface area contributed by atoms with Crippen molar-refractivity contribution in [2.24, 2.45) is 0 Å². The molecule has 0 fully saturated rings. The molecule has 20 heavy (non-hydrogen) atoms. The highest BCUT2D eigenvalue weighted by atomic mass is 16.5. The van der Waals surface area contributed by atoms with Gasteiger partial charge in [-0.15, -0.1) is 0 Å². The zero-order valence-corrected chi connectivity index (χ0v) is 11.3. The highest BCUT2D eigenvalue weighted by Gasteiger charge is 2.05. The maximum atomic E-state index is 11.1. The fraction of sp³-hybridized carbons (Fsp3) is 0.133. The van der Waals surface area contributed by atoms with Crippen LogP contribution in [0.2, 0.25) is 0 Å². The van der Waals surface area contributed by atoms with Gasteiger partial charge in [0.25, 0.3) is 0 Å². The maximum absolute atomic E-state index is 11.1. The third kappa shape index (κ3) is 3.41. The standard InChI is InChI=1S/C15H16N2O3/c1-10(18)17-15-9-13(7-8-14(15)16)20-12-5-3-11(19-2)4-6-12/h3-9H,16H2,1-2H3,(H,17,18). The van der Waals surface area contributed by atoms with Crippen LogP contribution in [0.5, 0.6) is 17.2 Å². The number of hydrogen-bond acceptors (Lipinski definition) is 4. The number of carbonyl (C=O) groups excluding carboxylic acids is 1. The van der Waals surface area contributed by atoms with Crippen LogP contribution in [-0.4, -0.2) is 13.0 Å². The van der Waals surface area contributed by atoms with Gasteiger partial charge in [0, 0.05) is 13.0 Å². The Morgan fingerprint density at radius 2 is 1.65 bits per heavy atom. The third-order valence-electron chi connectivity index (χ3n) is 2.63. The minimum atomic E-state index is -0.182. The summed E-state index contributed by atoms with van der Waals surface area (Å²) in [5, 5.41) is 2.65. The van der Waals surface area contributed by atoms with Crippen molar-refractivity contribution in [1.29, 1.82) is 0 Å². The highest BCUT2D eigenvalue weighted by Crippen LogP contribution is 2.29. The largest absolute Gasteiger partial charge is 0.497 e. The number of amides is 1. The predicted molar refractivity (Wildman–Crippen MR) is 78.2 cm³/mol. The van der Waals surface area contributed by atoms with E-state index in [9.17, 15) is 4.79 Å². The Hall–Kier alpha value is -2.69. The van der Waals surface area contributed by atoms with Gasteiger partial charge in [-0.3, -0.25) is 4.79 Å². The first kappa shape index (κ1) is 13.7. The molecule has 0 saturated carbocycles. The summed E-state index contributed by atoms with van der Waals surface area (Å²) in [6.45, 7) is 1.43. The van der Waals surface area contributed by atoms with Crippen LogP contribution in [0.3, 0.4) is 0 Å². The summed E-state index contributed by atoms with van der Waals surface area (Å²) < 4.78 is 10.8. The molecule has 2 rings (SSSR count). The molecule has 2 aromatic rings. The van der Waals surface area contributed by atoms with Gasteiger partial charge in [0.05, 0.1) is 18.5 Å². The van der Waals surface area contributed by atoms with Crippen molar-refractivity contribution in [1.82, 2.24) is 0 Å². The van der Waals surface area contributed by atoms with Gasteiger partial charge in [-0.1, -0.05) is 0 Å². The summed E-state index contributed by atoms with van der Waals surface area (Å²) in [7, 11) is 1.61. The number of nitrogen functional groups attached to an aromatic ring is 1. The molecule has 3 N–H and O–H groups in total. The molecule has 0 atom stereocenters. The average Bonchev–Trinajstić information content (AvgIpc) is 2.43. The molecule has 5 heteroatoms. The van der Waals surface area contributed by atoms with E-state index in [-0.39, 0.29) is 5.91 Å². The number of methoxy groups -OCH3 is 1. The molecular weight excluding hydrogens is 256 g/mol. The zero-order valence-electron chi connectivity index (χ0n) is 11.3. The number of rotatable bonds is 4. The van der Waals surface area contributed by atoms with E-state index in [4.69, 9.17) is 15.2 Å². The second kappa shape index (κ2) is 5.97. The molecule has 0 spiro atoms. The van der Waals surface area contributed by atoms with Crippen molar-refractivity contribution in [3.8, 4) is 17.2 Å². The van der Waals surface area contributed by atoms with E-state index in [0.29, 0.717) is 22.9 Å². The number of hydrogen-bond donors (Lipinski definition) is 2. The van der Waals surface area contributed by atoms with Gasteiger partial charge in [0.1, 0.15) is 17.2 Å². The fourth-order valence-corrected chi connectivity index (χ4v) is 1.68. The van der Waals surface area contributed by atoms with Gasteiger partial charge in [-0.25, -0.2) is 0 Å². The summed E-state index contributed by atoms with van der Waals surface area (Å²) in [6.07, 6.45) is 0. The molecule has 1 amide bonds. The zero-order chi connectivity index (χ0) is 14.5. The highest BCUT2D eigenvalue weighted by molar-refractivity contribution is 5.92. The first-order chi connectivity index (χ1) is 9.58. The third-order valence-corrected chi connectivity index (χ3v) is 2.63. The minimum Gasteiger partial charge on any atom is -0.497 e. The summed E-state index contributed by atoms with van der Waals surface area (Å²) in [5.41, 5.74) is 6.80. The number of benzene rings is 2. The van der Waals surface area contributed by atoms with E-state index >= 15 is 0 Å². The first-order valence-corrected chi connectivity index (χ1v) is 6.07. The van der Waals surface area contributed by atoms with E-state index in [2.05, 4.69) is 5.32 Å². The SMILES string of the molecule is COc1ccc(Oc2ccc(N)c(NC(C)=O)c2)cc1. The molecule has 0 aliphatic heterocycles.